The average Bonchev–Trinajstić information content (AvgIpc) is 2.57. The van der Waals surface area contributed by atoms with Crippen LogP contribution in [0.3, 0.4) is 0 Å². The van der Waals surface area contributed by atoms with E-state index in [2.05, 4.69) is 11.8 Å². The van der Waals surface area contributed by atoms with Crippen LogP contribution in [0, 0.1) is 0 Å². The third-order valence-corrected chi connectivity index (χ3v) is 6.16. The maximum absolute atomic E-state index is 2.66. The van der Waals surface area contributed by atoms with Crippen LogP contribution < -0.4 is 0 Å². The molecule has 3 saturated heterocycles. The van der Waals surface area contributed by atoms with E-state index >= 15 is 0 Å². The smallest absolute Gasteiger partial charge is 0.0916 e. The molecule has 2 nitrogen and oxygen atoms in total. The zero-order chi connectivity index (χ0) is 15.5. The quantitative estimate of drug-likeness (QED) is 0.348. The van der Waals surface area contributed by atoms with Crippen LogP contribution in [0.5, 0.6) is 0 Å². The summed E-state index contributed by atoms with van der Waals surface area (Å²) in [5.74, 6) is 0. The van der Waals surface area contributed by atoms with Gasteiger partial charge in [-0.15, -0.1) is 0 Å². The van der Waals surface area contributed by atoms with Crippen molar-refractivity contribution in [1.82, 2.24) is 4.90 Å². The average molecular weight is 310 g/mol. The van der Waals surface area contributed by atoms with Gasteiger partial charge in [0, 0.05) is 19.6 Å². The third kappa shape index (κ3) is 6.58. The number of unbranched alkanes of at least 4 members (excludes halogenated alkanes) is 11. The molecule has 0 aliphatic carbocycles. The van der Waals surface area contributed by atoms with Crippen molar-refractivity contribution in [2.45, 2.75) is 84.0 Å². The number of hydrogen-bond acceptors (Lipinski definition) is 1. The van der Waals surface area contributed by atoms with E-state index in [-0.39, 0.29) is 0 Å². The molecule has 22 heavy (non-hydrogen) atoms. The van der Waals surface area contributed by atoms with Gasteiger partial charge >= 0.3 is 0 Å². The van der Waals surface area contributed by atoms with Crippen molar-refractivity contribution in [2.24, 2.45) is 0 Å². The van der Waals surface area contributed by atoms with Gasteiger partial charge in [0.05, 0.1) is 26.2 Å². The fourth-order valence-electron chi connectivity index (χ4n) is 4.36. The number of fused-ring (bicyclic) bond motifs is 3. The fraction of sp³-hybridized carbons (Fsp3) is 1.00. The molecule has 0 aromatic heterocycles. The Morgan fingerprint density at radius 1 is 0.591 bits per heavy atom. The molecule has 0 unspecified atom stereocenters. The van der Waals surface area contributed by atoms with Gasteiger partial charge in [-0.2, -0.15) is 0 Å². The van der Waals surface area contributed by atoms with Crippen molar-refractivity contribution < 1.29 is 4.48 Å². The van der Waals surface area contributed by atoms with Gasteiger partial charge in [0.1, 0.15) is 0 Å². The Labute approximate surface area is 139 Å². The summed E-state index contributed by atoms with van der Waals surface area (Å²) in [6.07, 6.45) is 17.7. The monoisotopic (exact) mass is 309 g/mol. The molecule has 0 N–H and O–H groups in total. The first-order valence-electron chi connectivity index (χ1n) is 10.4. The van der Waals surface area contributed by atoms with Crippen LogP contribution >= 0.6 is 0 Å². The summed E-state index contributed by atoms with van der Waals surface area (Å²) in [7, 11) is 0. The van der Waals surface area contributed by atoms with Gasteiger partial charge in [0.25, 0.3) is 0 Å². The largest absolute Gasteiger partial charge is 0.320 e. The molecule has 0 saturated carbocycles. The first-order valence-corrected chi connectivity index (χ1v) is 10.4. The Bertz CT molecular complexity index is 255. The molecule has 0 aromatic carbocycles. The molecule has 3 aliphatic heterocycles. The lowest BCUT2D eigenvalue weighted by molar-refractivity contribution is -0.941. The molecule has 0 spiro atoms. The number of quaternary nitrogens is 1. The third-order valence-electron chi connectivity index (χ3n) is 6.16. The van der Waals surface area contributed by atoms with Gasteiger partial charge in [-0.3, -0.25) is 4.90 Å². The molecule has 0 amide bonds. The van der Waals surface area contributed by atoms with Crippen LogP contribution in [0.1, 0.15) is 84.0 Å². The summed E-state index contributed by atoms with van der Waals surface area (Å²) in [5.41, 5.74) is 0. The normalized spacial score (nSPS) is 27.4. The highest BCUT2D eigenvalue weighted by Gasteiger charge is 2.37. The summed E-state index contributed by atoms with van der Waals surface area (Å²) < 4.78 is 1.47. The Kier molecular flexibility index (Phi) is 8.84. The van der Waals surface area contributed by atoms with E-state index in [1.165, 1.54) is 127 Å². The van der Waals surface area contributed by atoms with Crippen LogP contribution in [0.4, 0.5) is 0 Å². The van der Waals surface area contributed by atoms with Gasteiger partial charge in [0.15, 0.2) is 0 Å². The van der Waals surface area contributed by atoms with Gasteiger partial charge in [-0.1, -0.05) is 71.1 Å². The Balaban J connectivity index is 1.34. The highest BCUT2D eigenvalue weighted by molar-refractivity contribution is 4.70. The van der Waals surface area contributed by atoms with Crippen LogP contribution in [-0.4, -0.2) is 55.2 Å². The van der Waals surface area contributed by atoms with Crippen LogP contribution in [-0.2, 0) is 0 Å². The predicted octanol–water partition coefficient (Wildman–Crippen LogP) is 4.83. The second kappa shape index (κ2) is 10.6. The number of nitrogens with zero attached hydrogens (tertiary/aromatic N) is 2. The molecule has 3 fully saturated rings. The second-order valence-electron chi connectivity index (χ2n) is 7.97. The molecule has 3 aliphatic rings. The minimum atomic E-state index is 1.37. The Morgan fingerprint density at radius 3 is 1.45 bits per heavy atom. The van der Waals surface area contributed by atoms with Gasteiger partial charge in [-0.05, 0) is 12.8 Å². The lowest BCUT2D eigenvalue weighted by atomic mass is 10.0. The van der Waals surface area contributed by atoms with E-state index in [1.807, 2.05) is 0 Å². The fourth-order valence-corrected chi connectivity index (χ4v) is 4.36. The summed E-state index contributed by atoms with van der Waals surface area (Å²) in [4.78, 5) is 2.66. The number of rotatable bonds is 13. The van der Waals surface area contributed by atoms with Gasteiger partial charge in [0.2, 0.25) is 0 Å². The zero-order valence-electron chi connectivity index (χ0n) is 15.3. The molecule has 0 aromatic rings. The van der Waals surface area contributed by atoms with E-state index in [4.69, 9.17) is 0 Å². The summed E-state index contributed by atoms with van der Waals surface area (Å²) in [5, 5.41) is 0. The SMILES string of the molecule is CCCCCCCCCCCCCC[N+]12CCN(CC1)CC2. The predicted molar refractivity (Wildman–Crippen MR) is 97.2 cm³/mol. The molecular weight excluding hydrogens is 268 g/mol. The lowest BCUT2D eigenvalue weighted by Gasteiger charge is -2.50. The Hall–Kier alpha value is -0.0800. The van der Waals surface area contributed by atoms with E-state index < -0.39 is 0 Å². The van der Waals surface area contributed by atoms with E-state index in [9.17, 15) is 0 Å². The first-order chi connectivity index (χ1) is 10.8. The van der Waals surface area contributed by atoms with Crippen LogP contribution in [0.25, 0.3) is 0 Å². The maximum Gasteiger partial charge on any atom is 0.0916 e. The lowest BCUT2D eigenvalue weighted by Crippen LogP contribution is -2.67. The van der Waals surface area contributed by atoms with Crippen molar-refractivity contribution in [3.05, 3.63) is 0 Å². The molecule has 0 atom stereocenters. The number of piperazine rings is 3. The summed E-state index contributed by atoms with van der Waals surface area (Å²) in [6, 6.07) is 0. The molecule has 130 valence electrons. The molecule has 3 heterocycles. The maximum atomic E-state index is 2.66. The van der Waals surface area contributed by atoms with Crippen molar-refractivity contribution in [3.8, 4) is 0 Å². The van der Waals surface area contributed by atoms with Crippen molar-refractivity contribution in [2.75, 3.05) is 45.8 Å². The second-order valence-corrected chi connectivity index (χ2v) is 7.97. The van der Waals surface area contributed by atoms with Gasteiger partial charge in [-0.25, -0.2) is 0 Å². The summed E-state index contributed by atoms with van der Waals surface area (Å²) in [6.45, 7) is 12.2. The number of hydrogen-bond donors (Lipinski definition) is 0. The molecule has 2 bridgehead atoms. The van der Waals surface area contributed by atoms with Gasteiger partial charge < -0.3 is 4.48 Å². The van der Waals surface area contributed by atoms with E-state index in [0.29, 0.717) is 0 Å². The Morgan fingerprint density at radius 2 is 1.00 bits per heavy atom. The zero-order valence-corrected chi connectivity index (χ0v) is 15.3. The topological polar surface area (TPSA) is 3.24 Å². The van der Waals surface area contributed by atoms with E-state index in [0.717, 1.165) is 0 Å². The standard InChI is InChI=1S/C20H41N2/c1-2-3-4-5-6-7-8-9-10-11-12-13-17-22-18-14-21(15-19-22)16-20-22/h2-20H2,1H3/q+1. The highest BCUT2D eigenvalue weighted by Crippen LogP contribution is 2.21. The minimum Gasteiger partial charge on any atom is -0.320 e. The minimum absolute atomic E-state index is 1.37. The van der Waals surface area contributed by atoms with Crippen LogP contribution in [0.2, 0.25) is 0 Å². The van der Waals surface area contributed by atoms with E-state index in [1.54, 1.807) is 0 Å². The molecule has 0 radical (unpaired) electrons. The van der Waals surface area contributed by atoms with Crippen molar-refractivity contribution >= 4 is 0 Å². The summed E-state index contributed by atoms with van der Waals surface area (Å²) >= 11 is 0. The van der Waals surface area contributed by atoms with Crippen molar-refractivity contribution in [1.29, 1.82) is 0 Å². The van der Waals surface area contributed by atoms with Crippen molar-refractivity contribution in [3.63, 3.8) is 0 Å². The molecule has 3 rings (SSSR count). The first kappa shape index (κ1) is 18.3. The molecule has 2 heteroatoms. The molecular formula is C20H41N2+. The highest BCUT2D eigenvalue weighted by atomic mass is 15.4. The van der Waals surface area contributed by atoms with Crippen LogP contribution in [0.15, 0.2) is 0 Å².